The number of hydrogen-bond donors (Lipinski definition) is 2. The molecule has 0 aliphatic rings. The molecule has 0 aromatic carbocycles. The number of carbonyl (C=O) groups excluding carboxylic acids is 1. The summed E-state index contributed by atoms with van der Waals surface area (Å²) in [5.41, 5.74) is 1.43. The summed E-state index contributed by atoms with van der Waals surface area (Å²) >= 11 is 0. The molecule has 0 fully saturated rings. The molecule has 7 heteroatoms. The van der Waals surface area contributed by atoms with Gasteiger partial charge >= 0.3 is 0 Å². The number of carbonyl (C=O) groups is 1. The topological polar surface area (TPSA) is 92.2 Å². The Hall–Kier alpha value is -2.96. The van der Waals surface area contributed by atoms with Gasteiger partial charge in [0.2, 0.25) is 0 Å². The van der Waals surface area contributed by atoms with Crippen LogP contribution in [0, 0.1) is 12.3 Å². The molecule has 0 saturated carbocycles. The number of nitrogens with zero attached hydrogens (tertiary/aromatic N) is 3. The van der Waals surface area contributed by atoms with Gasteiger partial charge in [-0.2, -0.15) is 0 Å². The molecule has 0 radical (unpaired) electrons. The highest BCUT2D eigenvalue weighted by Crippen LogP contribution is 2.13. The molecule has 3 rings (SSSR count). The van der Waals surface area contributed by atoms with Crippen LogP contribution in [0.2, 0.25) is 0 Å². The van der Waals surface area contributed by atoms with Gasteiger partial charge in [-0.25, -0.2) is 4.98 Å². The van der Waals surface area contributed by atoms with Gasteiger partial charge in [0.05, 0.1) is 10.9 Å². The molecule has 0 unspecified atom stereocenters. The molecular formula is C20H25N5O2. The Morgan fingerprint density at radius 2 is 2.00 bits per heavy atom. The van der Waals surface area contributed by atoms with Crippen LogP contribution in [0.4, 0.5) is 0 Å². The van der Waals surface area contributed by atoms with Crippen molar-refractivity contribution in [1.82, 2.24) is 19.3 Å². The van der Waals surface area contributed by atoms with Gasteiger partial charge in [-0.3, -0.25) is 19.4 Å². The third-order valence-electron chi connectivity index (χ3n) is 4.31. The number of hydrogen-bond acceptors (Lipinski definition) is 4. The van der Waals surface area contributed by atoms with Gasteiger partial charge in [0.15, 0.2) is 0 Å². The van der Waals surface area contributed by atoms with Crippen molar-refractivity contribution in [3.05, 3.63) is 51.4 Å². The van der Waals surface area contributed by atoms with E-state index in [-0.39, 0.29) is 22.5 Å². The highest BCUT2D eigenvalue weighted by atomic mass is 16.2. The first-order chi connectivity index (χ1) is 12.6. The van der Waals surface area contributed by atoms with Crippen molar-refractivity contribution < 1.29 is 4.79 Å². The second-order valence-electron chi connectivity index (χ2n) is 7.80. The molecule has 3 aromatic heterocycles. The van der Waals surface area contributed by atoms with Crippen LogP contribution >= 0.6 is 0 Å². The fourth-order valence-electron chi connectivity index (χ4n) is 3.12. The van der Waals surface area contributed by atoms with E-state index in [2.05, 4.69) is 10.3 Å². The average Bonchev–Trinajstić information content (AvgIpc) is 2.57. The molecule has 0 aliphatic carbocycles. The van der Waals surface area contributed by atoms with Crippen molar-refractivity contribution >= 4 is 22.6 Å². The van der Waals surface area contributed by atoms with Gasteiger partial charge < -0.3 is 9.88 Å². The van der Waals surface area contributed by atoms with Crippen LogP contribution in [0.5, 0.6) is 0 Å². The van der Waals surface area contributed by atoms with Crippen LogP contribution in [0.15, 0.2) is 29.2 Å². The summed E-state index contributed by atoms with van der Waals surface area (Å²) < 4.78 is 3.14. The summed E-state index contributed by atoms with van der Waals surface area (Å²) in [5, 5.41) is 11.8. The Bertz CT molecular complexity index is 1170. The van der Waals surface area contributed by atoms with Crippen LogP contribution in [-0.4, -0.2) is 25.4 Å². The Morgan fingerprint density at radius 1 is 1.30 bits per heavy atom. The second-order valence-corrected chi connectivity index (χ2v) is 7.80. The first kappa shape index (κ1) is 18.8. The van der Waals surface area contributed by atoms with Crippen LogP contribution in [0.25, 0.3) is 16.7 Å². The second kappa shape index (κ2) is 6.64. The van der Waals surface area contributed by atoms with Crippen molar-refractivity contribution in [2.45, 2.75) is 53.1 Å². The van der Waals surface area contributed by atoms with Gasteiger partial charge in [0.1, 0.15) is 16.8 Å². The average molecular weight is 367 g/mol. The van der Waals surface area contributed by atoms with Gasteiger partial charge in [0, 0.05) is 18.3 Å². The van der Waals surface area contributed by atoms with Crippen molar-refractivity contribution in [2.75, 3.05) is 0 Å². The van der Waals surface area contributed by atoms with Crippen LogP contribution < -0.4 is 16.4 Å². The third-order valence-corrected chi connectivity index (χ3v) is 4.31. The normalized spacial score (nSPS) is 11.9. The first-order valence-corrected chi connectivity index (χ1v) is 9.06. The summed E-state index contributed by atoms with van der Waals surface area (Å²) in [7, 11) is 0. The number of amides is 1. The van der Waals surface area contributed by atoms with Crippen molar-refractivity contribution in [2.24, 2.45) is 0 Å². The molecule has 0 atom stereocenters. The third kappa shape index (κ3) is 3.37. The quantitative estimate of drug-likeness (QED) is 0.696. The molecule has 3 heterocycles. The minimum atomic E-state index is -0.443. The smallest absolute Gasteiger partial charge is 0.267 e. The molecule has 0 spiro atoms. The molecular weight excluding hydrogens is 342 g/mol. The number of nitrogens with one attached hydrogen (secondary N) is 2. The van der Waals surface area contributed by atoms with Gasteiger partial charge in [0.25, 0.3) is 11.5 Å². The summed E-state index contributed by atoms with van der Waals surface area (Å²) in [4.78, 5) is 30.5. The molecule has 142 valence electrons. The van der Waals surface area contributed by atoms with Crippen LogP contribution in [0.1, 0.15) is 50.0 Å². The first-order valence-electron chi connectivity index (χ1n) is 9.06. The number of pyridine rings is 2. The van der Waals surface area contributed by atoms with E-state index in [0.717, 1.165) is 12.0 Å². The maximum absolute atomic E-state index is 13.1. The molecule has 2 N–H and O–H groups in total. The Labute approximate surface area is 157 Å². The minimum Gasteiger partial charge on any atom is -0.347 e. The predicted octanol–water partition coefficient (Wildman–Crippen LogP) is 2.38. The maximum atomic E-state index is 13.1. The monoisotopic (exact) mass is 367 g/mol. The Balaban J connectivity index is 2.42. The molecule has 7 nitrogen and oxygen atoms in total. The molecule has 0 bridgehead atoms. The molecule has 1 amide bonds. The van der Waals surface area contributed by atoms with E-state index in [4.69, 9.17) is 5.41 Å². The van der Waals surface area contributed by atoms with Crippen LogP contribution in [0.3, 0.4) is 0 Å². The number of rotatable bonds is 3. The van der Waals surface area contributed by atoms with E-state index >= 15 is 0 Å². The van der Waals surface area contributed by atoms with E-state index < -0.39 is 5.54 Å². The summed E-state index contributed by atoms with van der Waals surface area (Å²) in [6, 6.07) is 5.18. The van der Waals surface area contributed by atoms with E-state index in [9.17, 15) is 9.59 Å². The Kier molecular flexibility index (Phi) is 4.63. The van der Waals surface area contributed by atoms with Gasteiger partial charge in [-0.1, -0.05) is 13.0 Å². The number of fused-ring (bicyclic) bond motifs is 2. The lowest BCUT2D eigenvalue weighted by molar-refractivity contribution is 0.0917. The number of aryl methyl sites for hydroxylation is 2. The summed E-state index contributed by atoms with van der Waals surface area (Å²) in [6.07, 6.45) is 2.43. The lowest BCUT2D eigenvalue weighted by atomic mass is 10.1. The Morgan fingerprint density at radius 3 is 2.63 bits per heavy atom. The fourth-order valence-corrected chi connectivity index (χ4v) is 3.12. The zero-order valence-electron chi connectivity index (χ0n) is 16.4. The minimum absolute atomic E-state index is 0.0657. The highest BCUT2D eigenvalue weighted by Gasteiger charge is 2.21. The lowest BCUT2D eigenvalue weighted by Crippen LogP contribution is -2.43. The van der Waals surface area contributed by atoms with Crippen LogP contribution in [-0.2, 0) is 6.54 Å². The molecule has 0 aliphatic heterocycles. The zero-order valence-corrected chi connectivity index (χ0v) is 16.4. The lowest BCUT2D eigenvalue weighted by Gasteiger charge is -2.21. The van der Waals surface area contributed by atoms with Crippen molar-refractivity contribution in [3.8, 4) is 0 Å². The van der Waals surface area contributed by atoms with Crippen molar-refractivity contribution in [1.29, 1.82) is 5.41 Å². The molecule has 0 saturated heterocycles. The van der Waals surface area contributed by atoms with E-state index in [1.807, 2.05) is 40.7 Å². The van der Waals surface area contributed by atoms with E-state index in [0.29, 0.717) is 23.2 Å². The van der Waals surface area contributed by atoms with E-state index in [1.54, 1.807) is 16.8 Å². The maximum Gasteiger partial charge on any atom is 0.267 e. The zero-order chi connectivity index (χ0) is 19.9. The number of aromatic nitrogens is 3. The summed E-state index contributed by atoms with van der Waals surface area (Å²) in [6.45, 7) is 10.0. The van der Waals surface area contributed by atoms with E-state index in [1.165, 1.54) is 10.5 Å². The molecule has 27 heavy (non-hydrogen) atoms. The highest BCUT2D eigenvalue weighted by molar-refractivity contribution is 5.97. The largest absolute Gasteiger partial charge is 0.347 e. The summed E-state index contributed by atoms with van der Waals surface area (Å²) in [5.74, 6) is -0.368. The predicted molar refractivity (Wildman–Crippen MR) is 105 cm³/mol. The fraction of sp³-hybridized carbons (Fsp3) is 0.400. The van der Waals surface area contributed by atoms with Crippen molar-refractivity contribution in [3.63, 3.8) is 0 Å². The van der Waals surface area contributed by atoms with Gasteiger partial charge in [-0.05, 0) is 51.8 Å². The standard InChI is InChI=1S/C20H25N5O2/c1-6-9-24-15(21)13(18(26)23-20(3,4)5)11-14-17(24)22-16-12(2)8-7-10-25(16)19(14)27/h7-8,10-11,21H,6,9H2,1-5H3,(H,23,26). The van der Waals surface area contributed by atoms with Gasteiger partial charge in [-0.15, -0.1) is 0 Å². The molecule has 3 aromatic rings. The SMILES string of the molecule is CCCn1c(=N)c(C(=O)NC(C)(C)C)cc2c(=O)n3cccc(C)c3nc21.